The SMILES string of the molecule is CC(C)(C)[C@H](O)[C@H](N)c1ccc(Br)cc1O. The Balaban J connectivity index is 3.01. The molecule has 0 bridgehead atoms. The van der Waals surface area contributed by atoms with Crippen molar-refractivity contribution in [3.05, 3.63) is 28.2 Å². The van der Waals surface area contributed by atoms with Crippen molar-refractivity contribution in [2.75, 3.05) is 0 Å². The van der Waals surface area contributed by atoms with Gasteiger partial charge in [0.25, 0.3) is 0 Å². The van der Waals surface area contributed by atoms with Gasteiger partial charge in [-0.05, 0) is 17.5 Å². The average Bonchev–Trinajstić information content (AvgIpc) is 2.14. The first-order valence-corrected chi connectivity index (χ1v) is 5.95. The molecule has 0 saturated heterocycles. The van der Waals surface area contributed by atoms with Gasteiger partial charge in [-0.15, -0.1) is 0 Å². The van der Waals surface area contributed by atoms with Crippen LogP contribution in [0.4, 0.5) is 0 Å². The highest BCUT2D eigenvalue weighted by molar-refractivity contribution is 9.10. The van der Waals surface area contributed by atoms with Gasteiger partial charge in [0, 0.05) is 10.0 Å². The average molecular weight is 288 g/mol. The first-order chi connectivity index (χ1) is 7.23. The van der Waals surface area contributed by atoms with Crippen LogP contribution >= 0.6 is 15.9 Å². The largest absolute Gasteiger partial charge is 0.508 e. The predicted octanol–water partition coefficient (Wildman–Crippen LogP) is 2.56. The molecule has 1 aromatic rings. The number of rotatable bonds is 2. The lowest BCUT2D eigenvalue weighted by Gasteiger charge is -2.31. The second kappa shape index (κ2) is 4.73. The summed E-state index contributed by atoms with van der Waals surface area (Å²) in [5.41, 5.74) is 6.19. The monoisotopic (exact) mass is 287 g/mol. The number of nitrogens with two attached hydrogens (primary N) is 1. The smallest absolute Gasteiger partial charge is 0.121 e. The highest BCUT2D eigenvalue weighted by Crippen LogP contribution is 2.33. The molecule has 0 amide bonds. The molecule has 1 aromatic carbocycles. The van der Waals surface area contributed by atoms with E-state index < -0.39 is 12.1 Å². The van der Waals surface area contributed by atoms with Gasteiger partial charge in [0.15, 0.2) is 0 Å². The van der Waals surface area contributed by atoms with Crippen LogP contribution in [-0.2, 0) is 0 Å². The van der Waals surface area contributed by atoms with Crippen LogP contribution in [0.3, 0.4) is 0 Å². The molecular weight excluding hydrogens is 270 g/mol. The maximum atomic E-state index is 10.1. The molecule has 4 heteroatoms. The summed E-state index contributed by atoms with van der Waals surface area (Å²) in [6.45, 7) is 5.73. The number of aliphatic hydroxyl groups is 1. The summed E-state index contributed by atoms with van der Waals surface area (Å²) in [4.78, 5) is 0. The number of aliphatic hydroxyl groups excluding tert-OH is 1. The normalized spacial score (nSPS) is 15.9. The summed E-state index contributed by atoms with van der Waals surface area (Å²) in [6.07, 6.45) is -0.709. The van der Waals surface area contributed by atoms with E-state index in [2.05, 4.69) is 15.9 Å². The molecule has 0 saturated carbocycles. The van der Waals surface area contributed by atoms with Gasteiger partial charge in [-0.25, -0.2) is 0 Å². The number of phenols is 1. The number of aromatic hydroxyl groups is 1. The van der Waals surface area contributed by atoms with E-state index in [9.17, 15) is 10.2 Å². The van der Waals surface area contributed by atoms with Gasteiger partial charge in [0.05, 0.1) is 12.1 Å². The van der Waals surface area contributed by atoms with E-state index in [0.717, 1.165) is 4.47 Å². The lowest BCUT2D eigenvalue weighted by molar-refractivity contribution is 0.0395. The van der Waals surface area contributed by atoms with Gasteiger partial charge in [-0.1, -0.05) is 42.8 Å². The Morgan fingerprint density at radius 3 is 2.31 bits per heavy atom. The van der Waals surface area contributed by atoms with Crippen LogP contribution < -0.4 is 5.73 Å². The Morgan fingerprint density at radius 1 is 1.31 bits per heavy atom. The van der Waals surface area contributed by atoms with Crippen molar-refractivity contribution < 1.29 is 10.2 Å². The summed E-state index contributed by atoms with van der Waals surface area (Å²) in [7, 11) is 0. The Kier molecular flexibility index (Phi) is 3.99. The van der Waals surface area contributed by atoms with E-state index >= 15 is 0 Å². The van der Waals surface area contributed by atoms with Crippen molar-refractivity contribution in [3.63, 3.8) is 0 Å². The van der Waals surface area contributed by atoms with Crippen LogP contribution in [0.15, 0.2) is 22.7 Å². The molecular formula is C12H18BrNO2. The summed E-state index contributed by atoms with van der Waals surface area (Å²) in [6, 6.07) is 4.50. The Labute approximate surface area is 104 Å². The van der Waals surface area contributed by atoms with Crippen LogP contribution in [0.1, 0.15) is 32.4 Å². The fraction of sp³-hybridized carbons (Fsp3) is 0.500. The van der Waals surface area contributed by atoms with E-state index in [1.807, 2.05) is 20.8 Å². The molecule has 0 radical (unpaired) electrons. The number of hydrogen-bond donors (Lipinski definition) is 3. The van der Waals surface area contributed by atoms with Crippen molar-refractivity contribution >= 4 is 15.9 Å². The molecule has 0 spiro atoms. The zero-order chi connectivity index (χ0) is 12.5. The van der Waals surface area contributed by atoms with Crippen molar-refractivity contribution in [1.82, 2.24) is 0 Å². The molecule has 90 valence electrons. The van der Waals surface area contributed by atoms with E-state index in [-0.39, 0.29) is 11.2 Å². The molecule has 0 fully saturated rings. The molecule has 3 nitrogen and oxygen atoms in total. The summed E-state index contributed by atoms with van der Waals surface area (Å²) < 4.78 is 0.784. The van der Waals surface area contributed by atoms with E-state index in [4.69, 9.17) is 5.73 Å². The third-order valence-corrected chi connectivity index (χ3v) is 3.07. The minimum absolute atomic E-state index is 0.102. The minimum atomic E-state index is -0.709. The molecule has 1 rings (SSSR count). The van der Waals surface area contributed by atoms with Crippen LogP contribution in [0.25, 0.3) is 0 Å². The Bertz CT molecular complexity index is 374. The van der Waals surface area contributed by atoms with Gasteiger partial charge in [0.1, 0.15) is 5.75 Å². The summed E-state index contributed by atoms with van der Waals surface area (Å²) in [5, 5.41) is 19.8. The van der Waals surface area contributed by atoms with E-state index in [1.165, 1.54) is 0 Å². The first-order valence-electron chi connectivity index (χ1n) is 5.15. The molecule has 0 aliphatic carbocycles. The van der Waals surface area contributed by atoms with Gasteiger partial charge < -0.3 is 15.9 Å². The zero-order valence-electron chi connectivity index (χ0n) is 9.74. The highest BCUT2D eigenvalue weighted by Gasteiger charge is 2.30. The molecule has 16 heavy (non-hydrogen) atoms. The molecule has 0 aromatic heterocycles. The fourth-order valence-corrected chi connectivity index (χ4v) is 1.86. The third-order valence-electron chi connectivity index (χ3n) is 2.58. The van der Waals surface area contributed by atoms with Crippen LogP contribution in [0.5, 0.6) is 5.75 Å². The second-order valence-corrected chi connectivity index (χ2v) is 5.96. The first kappa shape index (κ1) is 13.5. The zero-order valence-corrected chi connectivity index (χ0v) is 11.3. The topological polar surface area (TPSA) is 66.5 Å². The minimum Gasteiger partial charge on any atom is -0.508 e. The van der Waals surface area contributed by atoms with Gasteiger partial charge in [0.2, 0.25) is 0 Å². The molecule has 0 aliphatic heterocycles. The quantitative estimate of drug-likeness (QED) is 0.783. The van der Waals surface area contributed by atoms with Crippen molar-refractivity contribution in [1.29, 1.82) is 0 Å². The third kappa shape index (κ3) is 2.97. The maximum Gasteiger partial charge on any atom is 0.121 e. The summed E-state index contributed by atoms with van der Waals surface area (Å²) in [5.74, 6) is 0.102. The highest BCUT2D eigenvalue weighted by atomic mass is 79.9. The molecule has 0 aliphatic rings. The molecule has 4 N–H and O–H groups in total. The molecule has 0 unspecified atom stereocenters. The maximum absolute atomic E-state index is 10.1. The molecule has 2 atom stereocenters. The van der Waals surface area contributed by atoms with Crippen LogP contribution in [0.2, 0.25) is 0 Å². The van der Waals surface area contributed by atoms with Crippen LogP contribution in [0, 0.1) is 5.41 Å². The van der Waals surface area contributed by atoms with Gasteiger partial charge in [-0.2, -0.15) is 0 Å². The van der Waals surface area contributed by atoms with Gasteiger partial charge in [-0.3, -0.25) is 0 Å². The van der Waals surface area contributed by atoms with Gasteiger partial charge >= 0.3 is 0 Å². The van der Waals surface area contributed by atoms with Crippen LogP contribution in [-0.4, -0.2) is 16.3 Å². The number of hydrogen-bond acceptors (Lipinski definition) is 3. The fourth-order valence-electron chi connectivity index (χ4n) is 1.51. The van der Waals surface area contributed by atoms with Crippen molar-refractivity contribution in [3.8, 4) is 5.75 Å². The second-order valence-electron chi connectivity index (χ2n) is 5.04. The standard InChI is InChI=1S/C12H18BrNO2/c1-12(2,3)11(16)10(14)8-5-4-7(13)6-9(8)15/h4-6,10-11,15-16H,14H2,1-3H3/t10-,11-/m1/s1. The predicted molar refractivity (Wildman–Crippen MR) is 68.2 cm³/mol. The molecule has 0 heterocycles. The number of halogens is 1. The Hall–Kier alpha value is -0.580. The lowest BCUT2D eigenvalue weighted by Crippen LogP contribution is -2.36. The van der Waals surface area contributed by atoms with Crippen molar-refractivity contribution in [2.45, 2.75) is 32.9 Å². The van der Waals surface area contributed by atoms with Crippen molar-refractivity contribution in [2.24, 2.45) is 11.1 Å². The van der Waals surface area contributed by atoms with E-state index in [0.29, 0.717) is 5.56 Å². The summed E-state index contributed by atoms with van der Waals surface area (Å²) >= 11 is 3.26. The number of phenolic OH excluding ortho intramolecular Hbond substituents is 1. The Morgan fingerprint density at radius 2 is 1.88 bits per heavy atom. The number of benzene rings is 1. The lowest BCUT2D eigenvalue weighted by atomic mass is 9.82. The van der Waals surface area contributed by atoms with E-state index in [1.54, 1.807) is 18.2 Å².